The minimum absolute atomic E-state index is 0.0487. The van der Waals surface area contributed by atoms with Gasteiger partial charge < -0.3 is 9.88 Å². The van der Waals surface area contributed by atoms with Gasteiger partial charge in [-0.1, -0.05) is 55.4 Å². The number of hydrogen-bond acceptors (Lipinski definition) is 4. The van der Waals surface area contributed by atoms with Gasteiger partial charge in [-0.3, -0.25) is 4.79 Å². The first-order valence-corrected chi connectivity index (χ1v) is 9.48. The number of carbonyl (C=O) groups excluding carboxylic acids is 1. The van der Waals surface area contributed by atoms with Crippen molar-refractivity contribution >= 4 is 17.7 Å². The normalized spacial score (nSPS) is 16.6. The maximum absolute atomic E-state index is 12.6. The molecule has 0 aliphatic heterocycles. The van der Waals surface area contributed by atoms with Crippen LogP contribution in [0.15, 0.2) is 41.8 Å². The highest BCUT2D eigenvalue weighted by molar-refractivity contribution is 8.00. The van der Waals surface area contributed by atoms with Gasteiger partial charge in [0.1, 0.15) is 6.33 Å². The summed E-state index contributed by atoms with van der Waals surface area (Å²) in [5, 5.41) is 12.0. The fourth-order valence-electron chi connectivity index (χ4n) is 2.72. The van der Waals surface area contributed by atoms with E-state index in [1.165, 1.54) is 24.6 Å². The summed E-state index contributed by atoms with van der Waals surface area (Å²) in [5.41, 5.74) is 1.16. The third-order valence-corrected chi connectivity index (χ3v) is 5.30. The Morgan fingerprint density at radius 3 is 2.79 bits per heavy atom. The molecular formula is C18H24N4OS. The molecule has 1 N–H and O–H groups in total. The molecule has 1 saturated carbocycles. The zero-order valence-corrected chi connectivity index (χ0v) is 15.0. The van der Waals surface area contributed by atoms with Crippen molar-refractivity contribution in [2.24, 2.45) is 0 Å². The number of rotatable bonds is 8. The molecule has 1 heterocycles. The third kappa shape index (κ3) is 4.17. The number of benzene rings is 1. The lowest BCUT2D eigenvalue weighted by Gasteiger charge is -2.21. The predicted octanol–water partition coefficient (Wildman–Crippen LogP) is 3.75. The highest BCUT2D eigenvalue weighted by Crippen LogP contribution is 2.38. The topological polar surface area (TPSA) is 59.8 Å². The van der Waals surface area contributed by atoms with Gasteiger partial charge in [-0.2, -0.15) is 0 Å². The fourth-order valence-corrected chi connectivity index (χ4v) is 3.62. The zero-order chi connectivity index (χ0) is 16.9. The number of nitrogens with zero attached hydrogens (tertiary/aromatic N) is 3. The molecule has 5 nitrogen and oxygen atoms in total. The summed E-state index contributed by atoms with van der Waals surface area (Å²) in [6, 6.07) is 10.8. The van der Waals surface area contributed by atoms with Crippen LogP contribution in [0.5, 0.6) is 0 Å². The largest absolute Gasteiger partial charge is 0.348 e. The average Bonchev–Trinajstić information content (AvgIpc) is 3.34. The van der Waals surface area contributed by atoms with Crippen molar-refractivity contribution in [2.75, 3.05) is 0 Å². The first-order valence-electron chi connectivity index (χ1n) is 8.60. The van der Waals surface area contributed by atoms with E-state index in [1.54, 1.807) is 6.33 Å². The van der Waals surface area contributed by atoms with Crippen molar-refractivity contribution in [2.45, 2.75) is 62.0 Å². The van der Waals surface area contributed by atoms with E-state index >= 15 is 0 Å². The van der Waals surface area contributed by atoms with Gasteiger partial charge >= 0.3 is 0 Å². The molecule has 0 saturated heterocycles. The molecule has 6 heteroatoms. The molecule has 0 bridgehead atoms. The molecule has 128 valence electrons. The molecule has 1 aliphatic rings. The van der Waals surface area contributed by atoms with Gasteiger partial charge in [0.05, 0.1) is 11.3 Å². The Kier molecular flexibility index (Phi) is 5.56. The van der Waals surface area contributed by atoms with E-state index in [1.807, 2.05) is 25.1 Å². The number of thioether (sulfide) groups is 1. The van der Waals surface area contributed by atoms with Gasteiger partial charge in [0.25, 0.3) is 0 Å². The molecule has 1 aromatic heterocycles. The van der Waals surface area contributed by atoms with Crippen LogP contribution in [0, 0.1) is 0 Å². The fraction of sp³-hybridized carbons (Fsp3) is 0.500. The summed E-state index contributed by atoms with van der Waals surface area (Å²) < 4.78 is 2.09. The van der Waals surface area contributed by atoms with Crippen LogP contribution in [-0.2, 0) is 4.79 Å². The van der Waals surface area contributed by atoms with E-state index < -0.39 is 0 Å². The summed E-state index contributed by atoms with van der Waals surface area (Å²) in [6.45, 7) is 4.07. The number of carbonyl (C=O) groups is 1. The zero-order valence-electron chi connectivity index (χ0n) is 14.2. The number of hydrogen-bond donors (Lipinski definition) is 1. The highest BCUT2D eigenvalue weighted by Gasteiger charge is 2.28. The van der Waals surface area contributed by atoms with Crippen LogP contribution in [0.25, 0.3) is 0 Å². The number of nitrogens with one attached hydrogen (secondary N) is 1. The quantitative estimate of drug-likeness (QED) is 0.741. The van der Waals surface area contributed by atoms with Crippen LogP contribution in [0.4, 0.5) is 0 Å². The van der Waals surface area contributed by atoms with Crippen LogP contribution in [0.1, 0.15) is 57.2 Å². The van der Waals surface area contributed by atoms with Crippen LogP contribution >= 0.6 is 11.8 Å². The van der Waals surface area contributed by atoms with Crippen molar-refractivity contribution in [3.8, 4) is 0 Å². The van der Waals surface area contributed by atoms with Gasteiger partial charge in [-0.15, -0.1) is 10.2 Å². The summed E-state index contributed by atoms with van der Waals surface area (Å²) in [6.07, 6.45) is 6.09. The van der Waals surface area contributed by atoms with Crippen molar-refractivity contribution in [3.05, 3.63) is 42.2 Å². The monoisotopic (exact) mass is 344 g/mol. The summed E-state index contributed by atoms with van der Waals surface area (Å²) >= 11 is 1.49. The van der Waals surface area contributed by atoms with Crippen LogP contribution < -0.4 is 5.32 Å². The summed E-state index contributed by atoms with van der Waals surface area (Å²) in [4.78, 5) is 12.6. The Hall–Kier alpha value is -1.82. The Bertz CT molecular complexity index is 669. The number of amides is 1. The highest BCUT2D eigenvalue weighted by atomic mass is 32.2. The van der Waals surface area contributed by atoms with Crippen molar-refractivity contribution < 1.29 is 4.79 Å². The van der Waals surface area contributed by atoms with E-state index in [9.17, 15) is 4.79 Å². The lowest BCUT2D eigenvalue weighted by atomic mass is 10.0. The summed E-state index contributed by atoms with van der Waals surface area (Å²) in [5.74, 6) is 0.0487. The van der Waals surface area contributed by atoms with Gasteiger partial charge in [0.15, 0.2) is 5.16 Å². The standard InChI is InChI=1S/C18H24N4OS/c1-3-7-16(14-8-5-4-6-9-14)20-17(23)13(2)24-18-21-19-12-22(18)15-10-11-15/h4-6,8-9,12-13,15-16H,3,7,10-11H2,1-2H3,(H,20,23)/t13-,16-/m1/s1. The molecule has 1 aliphatic carbocycles. The summed E-state index contributed by atoms with van der Waals surface area (Å²) in [7, 11) is 0. The van der Waals surface area contributed by atoms with Crippen LogP contribution in [0.3, 0.4) is 0 Å². The predicted molar refractivity (Wildman–Crippen MR) is 95.8 cm³/mol. The maximum Gasteiger partial charge on any atom is 0.233 e. The molecule has 2 aromatic rings. The Morgan fingerprint density at radius 2 is 2.12 bits per heavy atom. The lowest BCUT2D eigenvalue weighted by molar-refractivity contribution is -0.121. The minimum atomic E-state index is -0.199. The second-order valence-corrected chi connectivity index (χ2v) is 7.58. The molecule has 1 fully saturated rings. The number of aromatic nitrogens is 3. The Morgan fingerprint density at radius 1 is 1.38 bits per heavy atom. The van der Waals surface area contributed by atoms with Crippen molar-refractivity contribution in [3.63, 3.8) is 0 Å². The van der Waals surface area contributed by atoms with E-state index in [0.29, 0.717) is 6.04 Å². The molecule has 3 rings (SSSR count). The first-order chi connectivity index (χ1) is 11.7. The van der Waals surface area contributed by atoms with Gasteiger partial charge in [0.2, 0.25) is 5.91 Å². The molecule has 0 radical (unpaired) electrons. The van der Waals surface area contributed by atoms with Gasteiger partial charge in [-0.25, -0.2) is 0 Å². The maximum atomic E-state index is 12.6. The van der Waals surface area contributed by atoms with Gasteiger partial charge in [-0.05, 0) is 31.7 Å². The molecule has 0 unspecified atom stereocenters. The van der Waals surface area contributed by atoms with E-state index in [-0.39, 0.29) is 17.2 Å². The average molecular weight is 344 g/mol. The van der Waals surface area contributed by atoms with Gasteiger partial charge in [0, 0.05) is 6.04 Å². The van der Waals surface area contributed by atoms with Crippen molar-refractivity contribution in [1.82, 2.24) is 20.1 Å². The molecule has 24 heavy (non-hydrogen) atoms. The van der Waals surface area contributed by atoms with Crippen LogP contribution in [0.2, 0.25) is 0 Å². The second-order valence-electron chi connectivity index (χ2n) is 6.27. The SMILES string of the molecule is CCC[C@@H](NC(=O)[C@@H](C)Sc1nncn1C1CC1)c1ccccc1. The van der Waals surface area contributed by atoms with E-state index in [0.717, 1.165) is 23.6 Å². The van der Waals surface area contributed by atoms with E-state index in [4.69, 9.17) is 0 Å². The third-order valence-electron chi connectivity index (χ3n) is 4.23. The molecular weight excluding hydrogens is 320 g/mol. The lowest BCUT2D eigenvalue weighted by Crippen LogP contribution is -2.34. The second kappa shape index (κ2) is 7.83. The van der Waals surface area contributed by atoms with Crippen molar-refractivity contribution in [1.29, 1.82) is 0 Å². The molecule has 0 spiro atoms. The Balaban J connectivity index is 1.62. The first kappa shape index (κ1) is 17.0. The van der Waals surface area contributed by atoms with E-state index in [2.05, 4.69) is 39.1 Å². The Labute approximate surface area is 147 Å². The molecule has 1 aromatic carbocycles. The van der Waals surface area contributed by atoms with Crippen LogP contribution in [-0.4, -0.2) is 25.9 Å². The molecule has 1 amide bonds. The molecule has 2 atom stereocenters. The minimum Gasteiger partial charge on any atom is -0.348 e. The smallest absolute Gasteiger partial charge is 0.233 e.